The first-order valence-corrected chi connectivity index (χ1v) is 16.5. The molecule has 242 valence electrons. The predicted octanol–water partition coefficient (Wildman–Crippen LogP) is 6.18. The standard InChI is InChI=1S/C36H41N3O6S/c1-26(2)23-37-36(41)28(4)38(24-29-10-9-13-33(22-29)44-5)35(40)25-39(46(42,43)34-20-14-27(3)15-21-34)30-16-18-32(19-17-30)45-31-11-7-6-8-12-31/h6-22,26,28H,23-25H2,1-5H3,(H,37,41)/t28-/m1/s1. The number of rotatable bonds is 14. The molecule has 4 aromatic carbocycles. The van der Waals surface area contributed by atoms with Gasteiger partial charge in [0.1, 0.15) is 29.8 Å². The highest BCUT2D eigenvalue weighted by atomic mass is 32.2. The minimum Gasteiger partial charge on any atom is -0.497 e. The molecule has 0 spiro atoms. The van der Waals surface area contributed by atoms with Gasteiger partial charge in [-0.25, -0.2) is 8.42 Å². The van der Waals surface area contributed by atoms with Gasteiger partial charge in [0.05, 0.1) is 17.7 Å². The molecular weight excluding hydrogens is 602 g/mol. The van der Waals surface area contributed by atoms with E-state index in [4.69, 9.17) is 9.47 Å². The van der Waals surface area contributed by atoms with Gasteiger partial charge < -0.3 is 19.7 Å². The van der Waals surface area contributed by atoms with Crippen molar-refractivity contribution < 1.29 is 27.5 Å². The van der Waals surface area contributed by atoms with Gasteiger partial charge in [0.25, 0.3) is 10.0 Å². The van der Waals surface area contributed by atoms with Crippen LogP contribution in [0.3, 0.4) is 0 Å². The van der Waals surface area contributed by atoms with E-state index in [-0.39, 0.29) is 29.0 Å². The van der Waals surface area contributed by atoms with Crippen molar-refractivity contribution in [1.29, 1.82) is 0 Å². The van der Waals surface area contributed by atoms with E-state index in [1.54, 1.807) is 68.6 Å². The highest BCUT2D eigenvalue weighted by molar-refractivity contribution is 7.92. The highest BCUT2D eigenvalue weighted by Crippen LogP contribution is 2.29. The number of aryl methyl sites for hydroxylation is 1. The molecule has 0 aliphatic rings. The van der Waals surface area contributed by atoms with Crippen molar-refractivity contribution in [3.8, 4) is 17.2 Å². The van der Waals surface area contributed by atoms with Crippen LogP contribution in [0.4, 0.5) is 5.69 Å². The summed E-state index contributed by atoms with van der Waals surface area (Å²) in [6.07, 6.45) is 0. The summed E-state index contributed by atoms with van der Waals surface area (Å²) < 4.78 is 40.6. The van der Waals surface area contributed by atoms with E-state index < -0.39 is 28.5 Å². The molecule has 0 saturated carbocycles. The van der Waals surface area contributed by atoms with Gasteiger partial charge >= 0.3 is 0 Å². The van der Waals surface area contributed by atoms with Crippen molar-refractivity contribution in [2.24, 2.45) is 5.92 Å². The number of anilines is 1. The van der Waals surface area contributed by atoms with E-state index in [9.17, 15) is 18.0 Å². The molecule has 0 aromatic heterocycles. The summed E-state index contributed by atoms with van der Waals surface area (Å²) in [5.41, 5.74) is 1.90. The number of ether oxygens (including phenoxy) is 2. The maximum Gasteiger partial charge on any atom is 0.264 e. The molecule has 9 nitrogen and oxygen atoms in total. The molecule has 4 rings (SSSR count). The van der Waals surface area contributed by atoms with Crippen LogP contribution in [0.2, 0.25) is 0 Å². The zero-order valence-corrected chi connectivity index (χ0v) is 27.7. The van der Waals surface area contributed by atoms with E-state index in [0.717, 1.165) is 15.4 Å². The molecule has 0 heterocycles. The van der Waals surface area contributed by atoms with Gasteiger partial charge in [-0.15, -0.1) is 0 Å². The lowest BCUT2D eigenvalue weighted by Gasteiger charge is -2.32. The lowest BCUT2D eigenvalue weighted by Crippen LogP contribution is -2.51. The second-order valence-corrected chi connectivity index (χ2v) is 13.3. The largest absolute Gasteiger partial charge is 0.497 e. The number of nitrogens with one attached hydrogen (secondary N) is 1. The second-order valence-electron chi connectivity index (χ2n) is 11.4. The lowest BCUT2D eigenvalue weighted by molar-refractivity contribution is -0.139. The van der Waals surface area contributed by atoms with Crippen molar-refractivity contribution in [3.05, 3.63) is 114 Å². The summed E-state index contributed by atoms with van der Waals surface area (Å²) in [5.74, 6) is 1.07. The fraction of sp³-hybridized carbons (Fsp3) is 0.278. The van der Waals surface area contributed by atoms with Gasteiger partial charge in [-0.1, -0.05) is 61.9 Å². The number of nitrogens with zero attached hydrogens (tertiary/aromatic N) is 2. The van der Waals surface area contributed by atoms with Crippen LogP contribution < -0.4 is 19.1 Å². The zero-order chi connectivity index (χ0) is 33.3. The molecule has 0 fully saturated rings. The number of benzene rings is 4. The van der Waals surface area contributed by atoms with Crippen molar-refractivity contribution in [3.63, 3.8) is 0 Å². The zero-order valence-electron chi connectivity index (χ0n) is 26.8. The average molecular weight is 644 g/mol. The fourth-order valence-corrected chi connectivity index (χ4v) is 6.09. The van der Waals surface area contributed by atoms with E-state index in [2.05, 4.69) is 5.32 Å². The minimum atomic E-state index is -4.20. The summed E-state index contributed by atoms with van der Waals surface area (Å²) in [7, 11) is -2.65. The second kappa shape index (κ2) is 15.4. The molecule has 0 aliphatic heterocycles. The number of hydrogen-bond acceptors (Lipinski definition) is 6. The Morgan fingerprint density at radius 1 is 0.804 bits per heavy atom. The van der Waals surface area contributed by atoms with Crippen LogP contribution in [0.15, 0.2) is 108 Å². The summed E-state index contributed by atoms with van der Waals surface area (Å²) in [6.45, 7) is 7.43. The van der Waals surface area contributed by atoms with Gasteiger partial charge in [0.2, 0.25) is 11.8 Å². The van der Waals surface area contributed by atoms with Gasteiger partial charge in [-0.05, 0) is 86.0 Å². The third-order valence-corrected chi connectivity index (χ3v) is 9.12. The molecule has 1 atom stereocenters. The number of amides is 2. The summed E-state index contributed by atoms with van der Waals surface area (Å²) in [4.78, 5) is 28.9. The first-order chi connectivity index (χ1) is 22.0. The third-order valence-electron chi connectivity index (χ3n) is 7.33. The molecular formula is C36H41N3O6S. The summed E-state index contributed by atoms with van der Waals surface area (Å²) >= 11 is 0. The Kier molecular flexibility index (Phi) is 11.4. The molecule has 0 saturated heterocycles. The third kappa shape index (κ3) is 8.88. The molecule has 0 aliphatic carbocycles. The smallest absolute Gasteiger partial charge is 0.264 e. The molecule has 4 aromatic rings. The molecule has 0 radical (unpaired) electrons. The average Bonchev–Trinajstić information content (AvgIpc) is 3.05. The van der Waals surface area contributed by atoms with Crippen LogP contribution in [-0.4, -0.2) is 51.4 Å². The Balaban J connectivity index is 1.70. The molecule has 10 heteroatoms. The monoisotopic (exact) mass is 643 g/mol. The molecule has 2 amide bonds. The minimum absolute atomic E-state index is 0.0394. The van der Waals surface area contributed by atoms with Gasteiger partial charge in [0.15, 0.2) is 0 Å². The van der Waals surface area contributed by atoms with Crippen LogP contribution in [0.5, 0.6) is 17.2 Å². The van der Waals surface area contributed by atoms with Crippen LogP contribution in [-0.2, 0) is 26.2 Å². The number of sulfonamides is 1. The fourth-order valence-electron chi connectivity index (χ4n) is 4.67. The van der Waals surface area contributed by atoms with Crippen LogP contribution in [0.25, 0.3) is 0 Å². The molecule has 46 heavy (non-hydrogen) atoms. The number of para-hydroxylation sites is 1. The topological polar surface area (TPSA) is 105 Å². The van der Waals surface area contributed by atoms with E-state index in [0.29, 0.717) is 23.8 Å². The summed E-state index contributed by atoms with van der Waals surface area (Å²) in [5, 5.41) is 2.89. The van der Waals surface area contributed by atoms with Gasteiger partial charge in [0, 0.05) is 13.1 Å². The predicted molar refractivity (Wildman–Crippen MR) is 180 cm³/mol. The molecule has 0 bridgehead atoms. The Morgan fingerprint density at radius 2 is 1.43 bits per heavy atom. The molecule has 1 N–H and O–H groups in total. The Hall–Kier alpha value is -4.83. The highest BCUT2D eigenvalue weighted by Gasteiger charge is 2.32. The number of carbonyl (C=O) groups excluding carboxylic acids is 2. The van der Waals surface area contributed by atoms with Gasteiger partial charge in [-0.2, -0.15) is 0 Å². The first kappa shape index (κ1) is 34.1. The lowest BCUT2D eigenvalue weighted by atomic mass is 10.1. The summed E-state index contributed by atoms with van der Waals surface area (Å²) in [6, 6.07) is 28.5. The van der Waals surface area contributed by atoms with Crippen molar-refractivity contribution in [1.82, 2.24) is 10.2 Å². The van der Waals surface area contributed by atoms with Gasteiger partial charge in [-0.3, -0.25) is 13.9 Å². The number of hydrogen-bond donors (Lipinski definition) is 1. The van der Waals surface area contributed by atoms with Crippen LogP contribution >= 0.6 is 0 Å². The van der Waals surface area contributed by atoms with Crippen LogP contribution in [0.1, 0.15) is 31.9 Å². The van der Waals surface area contributed by atoms with Crippen LogP contribution in [0, 0.1) is 12.8 Å². The van der Waals surface area contributed by atoms with Crippen molar-refractivity contribution >= 4 is 27.5 Å². The van der Waals surface area contributed by atoms with E-state index in [1.165, 1.54) is 17.0 Å². The Labute approximate surface area is 271 Å². The Morgan fingerprint density at radius 3 is 2.07 bits per heavy atom. The van der Waals surface area contributed by atoms with Crippen molar-refractivity contribution in [2.75, 3.05) is 24.5 Å². The van der Waals surface area contributed by atoms with Crippen molar-refractivity contribution in [2.45, 2.75) is 45.2 Å². The first-order valence-electron chi connectivity index (χ1n) is 15.1. The van der Waals surface area contributed by atoms with E-state index >= 15 is 0 Å². The quantitative estimate of drug-likeness (QED) is 0.176. The molecule has 0 unspecified atom stereocenters. The normalized spacial score (nSPS) is 11.9. The van der Waals surface area contributed by atoms with E-state index in [1.807, 2.05) is 57.2 Å². The number of methoxy groups -OCH3 is 1. The number of carbonyl (C=O) groups is 2. The SMILES string of the molecule is COc1cccc(CN(C(=O)CN(c2ccc(Oc3ccccc3)cc2)S(=O)(=O)c2ccc(C)cc2)[C@H](C)C(=O)NCC(C)C)c1. The maximum absolute atomic E-state index is 14.2. The maximum atomic E-state index is 14.2. The Bertz CT molecular complexity index is 1710.